The molecule has 1 atom stereocenters. The molecule has 132 valence electrons. The second-order valence-corrected chi connectivity index (χ2v) is 8.09. The van der Waals surface area contributed by atoms with Crippen LogP contribution < -0.4 is 0 Å². The van der Waals surface area contributed by atoms with E-state index in [1.807, 2.05) is 0 Å². The second kappa shape index (κ2) is 8.34. The minimum absolute atomic E-state index is 0.0415. The Hall–Kier alpha value is -0.810. The van der Waals surface area contributed by atoms with Crippen molar-refractivity contribution in [2.45, 2.75) is 64.5 Å². The quantitative estimate of drug-likeness (QED) is 0.661. The highest BCUT2D eigenvalue weighted by atomic mass is 31.2. The molecule has 0 saturated heterocycles. The van der Waals surface area contributed by atoms with E-state index in [0.29, 0.717) is 0 Å². The molecule has 0 saturated carbocycles. The first kappa shape index (κ1) is 20.2. The molecule has 1 N–H and O–H groups in total. The van der Waals surface area contributed by atoms with Crippen LogP contribution in [0, 0.1) is 0 Å². The monoisotopic (exact) mass is 350 g/mol. The molecule has 0 aliphatic carbocycles. The summed E-state index contributed by atoms with van der Waals surface area (Å²) in [6, 6.07) is 8.78. The fraction of sp³-hybridized carbons (Fsp3) is 0.625. The summed E-state index contributed by atoms with van der Waals surface area (Å²) >= 11 is 0. The van der Waals surface area contributed by atoms with Crippen LogP contribution >= 0.6 is 7.60 Å². The molecule has 0 radical (unpaired) electrons. The summed E-state index contributed by atoms with van der Waals surface area (Å²) in [6.45, 7) is 6.03. The van der Waals surface area contributed by atoms with Gasteiger partial charge >= 0.3 is 13.3 Å². The molecule has 1 rings (SSSR count). The van der Waals surface area contributed by atoms with E-state index in [-0.39, 0.29) is 6.42 Å². The predicted molar refractivity (Wildman–Crippen MR) is 85.8 cm³/mol. The lowest BCUT2D eigenvalue weighted by Gasteiger charge is -2.30. The van der Waals surface area contributed by atoms with Crippen LogP contribution in [0.4, 0.5) is 8.78 Å². The standard InChI is InChI=1S/C16H25F2O4P/c1-12(2)21-23(20,22-13(3)4)16(17,18)11-15(19)10-14-8-6-5-7-9-14/h5-9,12-13,15,19H,10-11H2,1-4H3. The van der Waals surface area contributed by atoms with E-state index >= 15 is 0 Å². The first-order valence-electron chi connectivity index (χ1n) is 7.62. The van der Waals surface area contributed by atoms with Gasteiger partial charge in [0.15, 0.2) is 0 Å². The van der Waals surface area contributed by atoms with Gasteiger partial charge in [-0.25, -0.2) is 0 Å². The molecule has 1 aromatic rings. The zero-order valence-corrected chi connectivity index (χ0v) is 14.8. The van der Waals surface area contributed by atoms with Crippen LogP contribution in [0.5, 0.6) is 0 Å². The van der Waals surface area contributed by atoms with Crippen molar-refractivity contribution in [3.05, 3.63) is 35.9 Å². The SMILES string of the molecule is CC(C)OP(=O)(OC(C)C)C(F)(F)CC(O)Cc1ccccc1. The van der Waals surface area contributed by atoms with Gasteiger partial charge < -0.3 is 14.2 Å². The highest BCUT2D eigenvalue weighted by Gasteiger charge is 2.55. The fourth-order valence-electron chi connectivity index (χ4n) is 2.09. The number of alkyl halides is 2. The summed E-state index contributed by atoms with van der Waals surface area (Å²) in [6.07, 6.45) is -3.67. The number of aliphatic hydroxyl groups excluding tert-OH is 1. The first-order valence-corrected chi connectivity index (χ1v) is 9.17. The lowest BCUT2D eigenvalue weighted by Crippen LogP contribution is -2.29. The highest BCUT2D eigenvalue weighted by Crippen LogP contribution is 2.65. The van der Waals surface area contributed by atoms with Crippen LogP contribution in [0.25, 0.3) is 0 Å². The van der Waals surface area contributed by atoms with Crippen molar-refractivity contribution in [3.63, 3.8) is 0 Å². The first-order chi connectivity index (χ1) is 10.6. The second-order valence-electron chi connectivity index (χ2n) is 6.02. The Morgan fingerprint density at radius 2 is 1.57 bits per heavy atom. The molecule has 23 heavy (non-hydrogen) atoms. The van der Waals surface area contributed by atoms with Crippen molar-refractivity contribution >= 4 is 7.60 Å². The molecular weight excluding hydrogens is 325 g/mol. The maximum atomic E-state index is 14.5. The lowest BCUT2D eigenvalue weighted by molar-refractivity contribution is -0.0166. The Labute approximate surface area is 136 Å². The lowest BCUT2D eigenvalue weighted by atomic mass is 10.1. The fourth-order valence-corrected chi connectivity index (χ4v) is 3.99. The molecular formula is C16H25F2O4P. The van der Waals surface area contributed by atoms with Gasteiger partial charge in [-0.3, -0.25) is 4.57 Å². The topological polar surface area (TPSA) is 55.8 Å². The smallest absolute Gasteiger partial charge is 0.393 e. The summed E-state index contributed by atoms with van der Waals surface area (Å²) < 4.78 is 51.4. The minimum Gasteiger partial charge on any atom is -0.393 e. The Bertz CT molecular complexity index is 506. The summed E-state index contributed by atoms with van der Waals surface area (Å²) in [7, 11) is -4.69. The van der Waals surface area contributed by atoms with Crippen molar-refractivity contribution in [2.24, 2.45) is 0 Å². The highest BCUT2D eigenvalue weighted by molar-refractivity contribution is 7.55. The van der Waals surface area contributed by atoms with Gasteiger partial charge in [0.25, 0.3) is 0 Å². The number of hydrogen-bond donors (Lipinski definition) is 1. The molecule has 1 aromatic carbocycles. The molecule has 0 fully saturated rings. The third kappa shape index (κ3) is 6.30. The van der Waals surface area contributed by atoms with Gasteiger partial charge in [-0.1, -0.05) is 30.3 Å². The third-order valence-corrected chi connectivity index (χ3v) is 5.28. The van der Waals surface area contributed by atoms with Crippen LogP contribution in [0.1, 0.15) is 39.7 Å². The van der Waals surface area contributed by atoms with E-state index in [0.717, 1.165) is 5.56 Å². The minimum atomic E-state index is -4.69. The van der Waals surface area contributed by atoms with E-state index in [4.69, 9.17) is 9.05 Å². The third-order valence-electron chi connectivity index (χ3n) is 2.90. The van der Waals surface area contributed by atoms with Crippen LogP contribution in [-0.4, -0.2) is 29.1 Å². The number of benzene rings is 1. The molecule has 0 aromatic heterocycles. The predicted octanol–water partition coefficient (Wildman–Crippen LogP) is 4.62. The molecule has 0 heterocycles. The van der Waals surface area contributed by atoms with Crippen molar-refractivity contribution in [2.75, 3.05) is 0 Å². The number of aliphatic hydroxyl groups is 1. The van der Waals surface area contributed by atoms with Gasteiger partial charge in [0.1, 0.15) is 0 Å². The van der Waals surface area contributed by atoms with Gasteiger partial charge in [0.05, 0.1) is 18.3 Å². The van der Waals surface area contributed by atoms with Crippen molar-refractivity contribution in [1.29, 1.82) is 0 Å². The summed E-state index contributed by atoms with van der Waals surface area (Å²) in [4.78, 5) is 0. The van der Waals surface area contributed by atoms with Gasteiger partial charge in [-0.15, -0.1) is 0 Å². The van der Waals surface area contributed by atoms with Gasteiger partial charge in [0.2, 0.25) is 0 Å². The number of rotatable bonds is 9. The molecule has 4 nitrogen and oxygen atoms in total. The Morgan fingerprint density at radius 1 is 1.09 bits per heavy atom. The maximum Gasteiger partial charge on any atom is 0.400 e. The summed E-state index contributed by atoms with van der Waals surface area (Å²) in [5.41, 5.74) is -3.05. The van der Waals surface area contributed by atoms with E-state index in [2.05, 4.69) is 0 Å². The molecule has 7 heteroatoms. The van der Waals surface area contributed by atoms with Crippen LogP contribution in [0.3, 0.4) is 0 Å². The molecule has 0 spiro atoms. The van der Waals surface area contributed by atoms with E-state index < -0.39 is 38.0 Å². The maximum absolute atomic E-state index is 14.5. The Balaban J connectivity index is 2.85. The zero-order valence-electron chi connectivity index (χ0n) is 13.9. The Kier molecular flexibility index (Phi) is 7.33. The van der Waals surface area contributed by atoms with Gasteiger partial charge in [-0.05, 0) is 39.7 Å². The summed E-state index contributed by atoms with van der Waals surface area (Å²) in [5.74, 6) is 0. The summed E-state index contributed by atoms with van der Waals surface area (Å²) in [5, 5.41) is 9.96. The normalized spacial score (nSPS) is 14.5. The molecule has 0 amide bonds. The average molecular weight is 350 g/mol. The molecule has 1 unspecified atom stereocenters. The van der Waals surface area contributed by atoms with E-state index in [9.17, 15) is 18.5 Å². The van der Waals surface area contributed by atoms with Crippen LogP contribution in [0.15, 0.2) is 30.3 Å². The van der Waals surface area contributed by atoms with Crippen molar-refractivity contribution in [1.82, 2.24) is 0 Å². The van der Waals surface area contributed by atoms with Gasteiger partial charge in [0, 0.05) is 6.42 Å². The van der Waals surface area contributed by atoms with Crippen molar-refractivity contribution < 1.29 is 27.5 Å². The van der Waals surface area contributed by atoms with E-state index in [1.54, 1.807) is 30.3 Å². The molecule has 0 bridgehead atoms. The van der Waals surface area contributed by atoms with Crippen LogP contribution in [0.2, 0.25) is 0 Å². The van der Waals surface area contributed by atoms with Crippen LogP contribution in [-0.2, 0) is 20.0 Å². The number of halogens is 2. The van der Waals surface area contributed by atoms with Gasteiger partial charge in [-0.2, -0.15) is 8.78 Å². The Morgan fingerprint density at radius 3 is 2.00 bits per heavy atom. The average Bonchev–Trinajstić information content (AvgIpc) is 2.36. The molecule has 0 aliphatic rings. The molecule has 0 aliphatic heterocycles. The zero-order chi connectivity index (χ0) is 17.7. The largest absolute Gasteiger partial charge is 0.400 e. The van der Waals surface area contributed by atoms with E-state index in [1.165, 1.54) is 27.7 Å². The van der Waals surface area contributed by atoms with Crippen molar-refractivity contribution in [3.8, 4) is 0 Å². The number of hydrogen-bond acceptors (Lipinski definition) is 4.